The van der Waals surface area contributed by atoms with E-state index in [4.69, 9.17) is 33.2 Å². The maximum atomic E-state index is 13.9. The van der Waals surface area contributed by atoms with Gasteiger partial charge in [0.2, 0.25) is 5.78 Å². The Kier molecular flexibility index (Phi) is 11.9. The molecule has 2 aromatic rings. The quantitative estimate of drug-likeness (QED) is 0.228. The number of aliphatic hydroxyl groups is 2. The van der Waals surface area contributed by atoms with Crippen molar-refractivity contribution in [2.75, 3.05) is 21.2 Å². The van der Waals surface area contributed by atoms with E-state index < -0.39 is 102 Å². The highest BCUT2D eigenvalue weighted by Crippen LogP contribution is 2.54. The number of nitrogens with zero attached hydrogens (tertiary/aromatic N) is 1. The Morgan fingerprint density at radius 1 is 0.897 bits per heavy atom. The number of aromatic hydroxyl groups is 2. The average Bonchev–Trinajstić information content (AvgIpc) is 3.17. The predicted octanol–water partition coefficient (Wildman–Crippen LogP) is 3.16. The van der Waals surface area contributed by atoms with Crippen LogP contribution in [0.25, 0.3) is 0 Å². The molecule has 4 N–H and O–H groups in total. The van der Waals surface area contributed by atoms with Crippen molar-refractivity contribution in [1.29, 1.82) is 0 Å². The van der Waals surface area contributed by atoms with Gasteiger partial charge in [0.15, 0.2) is 30.4 Å². The molecule has 0 bridgehead atoms. The number of Topliss-reactive ketones (excluding diaryl/α,β-unsaturated/α-hetero) is 1. The zero-order valence-electron chi connectivity index (χ0n) is 33.7. The van der Waals surface area contributed by atoms with Crippen molar-refractivity contribution >= 4 is 23.3 Å². The van der Waals surface area contributed by atoms with Gasteiger partial charge in [-0.2, -0.15) is 0 Å². The summed E-state index contributed by atoms with van der Waals surface area (Å²) >= 11 is 0. The number of phenolic OH excluding ortho intramolecular Hbond substituents is 2. The monoisotopic (exact) mass is 811 g/mol. The third-order valence-electron chi connectivity index (χ3n) is 12.4. The van der Waals surface area contributed by atoms with Crippen LogP contribution in [-0.4, -0.2) is 137 Å². The third-order valence-corrected chi connectivity index (χ3v) is 12.4. The number of esters is 1. The molecule has 3 aliphatic heterocycles. The van der Waals surface area contributed by atoms with E-state index in [-0.39, 0.29) is 70.9 Å². The highest BCUT2D eigenvalue weighted by molar-refractivity contribution is 6.30. The number of rotatable bonds is 9. The normalized spacial score (nSPS) is 36.3. The first-order chi connectivity index (χ1) is 27.5. The number of benzene rings is 2. The van der Waals surface area contributed by atoms with Gasteiger partial charge in [-0.25, -0.2) is 0 Å². The highest BCUT2D eigenvalue weighted by atomic mass is 16.7. The van der Waals surface area contributed by atoms with Crippen molar-refractivity contribution in [2.24, 2.45) is 0 Å². The fourth-order valence-electron chi connectivity index (χ4n) is 9.27. The van der Waals surface area contributed by atoms with Crippen LogP contribution in [0.4, 0.5) is 0 Å². The Labute approximate surface area is 336 Å². The Hall–Kier alpha value is -3.84. The minimum absolute atomic E-state index is 0.00573. The van der Waals surface area contributed by atoms with E-state index in [0.29, 0.717) is 12.8 Å². The summed E-state index contributed by atoms with van der Waals surface area (Å²) in [5, 5.41) is 45.9. The van der Waals surface area contributed by atoms with Crippen LogP contribution in [0.3, 0.4) is 0 Å². The minimum atomic E-state index is -1.76. The van der Waals surface area contributed by atoms with E-state index in [0.717, 1.165) is 0 Å². The molecule has 2 aromatic carbocycles. The highest BCUT2D eigenvalue weighted by Gasteiger charge is 2.53. The van der Waals surface area contributed by atoms with Crippen molar-refractivity contribution in [3.8, 4) is 11.5 Å². The molecule has 7 rings (SSSR count). The predicted molar refractivity (Wildman–Crippen MR) is 201 cm³/mol. The number of hydrogen-bond donors (Lipinski definition) is 4. The molecule has 0 saturated carbocycles. The lowest BCUT2D eigenvalue weighted by Gasteiger charge is -2.48. The molecule has 0 aromatic heterocycles. The van der Waals surface area contributed by atoms with E-state index in [1.54, 1.807) is 27.7 Å². The van der Waals surface area contributed by atoms with Gasteiger partial charge in [-0.05, 0) is 59.0 Å². The van der Waals surface area contributed by atoms with Crippen LogP contribution in [0.2, 0.25) is 0 Å². The van der Waals surface area contributed by atoms with Crippen LogP contribution < -0.4 is 0 Å². The van der Waals surface area contributed by atoms with Gasteiger partial charge in [-0.3, -0.25) is 19.2 Å². The second-order valence-electron chi connectivity index (χ2n) is 16.3. The van der Waals surface area contributed by atoms with Gasteiger partial charge in [-0.15, -0.1) is 0 Å². The summed E-state index contributed by atoms with van der Waals surface area (Å²) in [4.78, 5) is 55.0. The van der Waals surface area contributed by atoms with E-state index in [2.05, 4.69) is 0 Å². The summed E-state index contributed by atoms with van der Waals surface area (Å²) in [5.41, 5.74) is -2.49. The van der Waals surface area contributed by atoms with Crippen LogP contribution in [0.5, 0.6) is 11.5 Å². The van der Waals surface area contributed by atoms with Crippen LogP contribution >= 0.6 is 0 Å². The fourth-order valence-corrected chi connectivity index (χ4v) is 9.27. The first kappa shape index (κ1) is 42.3. The van der Waals surface area contributed by atoms with Crippen molar-refractivity contribution in [2.45, 2.75) is 145 Å². The number of methoxy groups -OCH3 is 1. The number of aliphatic hydroxyl groups excluding tert-OH is 1. The lowest BCUT2D eigenvalue weighted by atomic mass is 9.67. The van der Waals surface area contributed by atoms with Crippen molar-refractivity contribution in [3.63, 3.8) is 0 Å². The molecule has 2 aliphatic carbocycles. The minimum Gasteiger partial charge on any atom is -0.507 e. The first-order valence-electron chi connectivity index (χ1n) is 19.9. The molecule has 0 amide bonds. The van der Waals surface area contributed by atoms with Gasteiger partial charge in [0.05, 0.1) is 48.3 Å². The molecule has 0 spiro atoms. The largest absolute Gasteiger partial charge is 0.507 e. The summed E-state index contributed by atoms with van der Waals surface area (Å²) < 4.78 is 42.6. The number of ketones is 3. The lowest BCUT2D eigenvalue weighted by molar-refractivity contribution is -0.324. The molecule has 3 saturated heterocycles. The maximum absolute atomic E-state index is 13.9. The zero-order chi connectivity index (χ0) is 42.0. The molecular weight excluding hydrogens is 758 g/mol. The van der Waals surface area contributed by atoms with Gasteiger partial charge in [0, 0.05) is 54.8 Å². The first-order valence-corrected chi connectivity index (χ1v) is 19.9. The smallest absolute Gasteiger partial charge is 0.316 e. The summed E-state index contributed by atoms with van der Waals surface area (Å²) in [7, 11) is 4.91. The number of carbonyl (C=O) groups is 4. The molecule has 16 heteroatoms. The topological polar surface area (TPSA) is 217 Å². The van der Waals surface area contributed by atoms with E-state index in [1.165, 1.54) is 31.4 Å². The summed E-state index contributed by atoms with van der Waals surface area (Å²) in [6, 6.07) is 5.11. The van der Waals surface area contributed by atoms with Crippen LogP contribution in [0.15, 0.2) is 24.3 Å². The molecule has 0 radical (unpaired) electrons. The Morgan fingerprint density at radius 2 is 1.57 bits per heavy atom. The molecule has 0 unspecified atom stereocenters. The SMILES string of the molecule is CC[C@]1(O)C[C@H](O[C@@H]2C[C@H](N(C)C)[C@H](O[C@@H]3C[C@H](O)[C@H](O[C@@H]4CCC(=O)[C@H](C)O4)[C@H](C)O3)[C@@H](C)O2)c2c(cc3c(c2O)C(=O)c2c(O)cccc2C3=O)[C@@H]1C(=O)OC. The van der Waals surface area contributed by atoms with Gasteiger partial charge >= 0.3 is 5.97 Å². The standard InChI is InChI=1S/C42H53NO15/c1-8-42(51)17-28(33-22(35(42)41(50)52-7)14-23-34(38(33)49)37(48)32-21(36(23)47)10-9-11-26(32)45)56-30-15-24(43(5)6)39(19(3)54-30)58-31-16-27(46)40(20(4)55-31)57-29-13-12-25(44)18(2)53-29/h9-11,14,18-20,24,27-31,35,39-40,45-46,49,51H,8,12-13,15-17H2,1-7H3/t18-,19+,20-,24-,27-,28-,29+,30+,31+,35+,39+,40+,42-/m0/s1. The van der Waals surface area contributed by atoms with Gasteiger partial charge in [-0.1, -0.05) is 19.1 Å². The van der Waals surface area contributed by atoms with Gasteiger partial charge < -0.3 is 58.5 Å². The molecule has 3 fully saturated rings. The van der Waals surface area contributed by atoms with Crippen LogP contribution in [0.1, 0.15) is 121 Å². The summed E-state index contributed by atoms with van der Waals surface area (Å²) in [6.07, 6.45) is -6.64. The molecule has 3 heterocycles. The van der Waals surface area contributed by atoms with Crippen molar-refractivity contribution < 1.29 is 72.8 Å². The van der Waals surface area contributed by atoms with Crippen molar-refractivity contribution in [1.82, 2.24) is 4.90 Å². The summed E-state index contributed by atoms with van der Waals surface area (Å²) in [5.74, 6) is -4.59. The second-order valence-corrected chi connectivity index (χ2v) is 16.3. The van der Waals surface area contributed by atoms with E-state index in [9.17, 15) is 39.6 Å². The Bertz CT molecular complexity index is 1940. The number of phenols is 2. The number of carbonyl (C=O) groups excluding carboxylic acids is 4. The van der Waals surface area contributed by atoms with Crippen LogP contribution in [-0.2, 0) is 42.7 Å². The Balaban J connectivity index is 1.13. The molecule has 316 valence electrons. The van der Waals surface area contributed by atoms with E-state index in [1.807, 2.05) is 19.0 Å². The molecule has 16 nitrogen and oxygen atoms in total. The number of hydrogen-bond acceptors (Lipinski definition) is 16. The lowest BCUT2D eigenvalue weighted by Crippen LogP contribution is -2.58. The number of ether oxygens (including phenoxy) is 7. The van der Waals surface area contributed by atoms with Crippen LogP contribution in [0, 0.1) is 0 Å². The number of likely N-dealkylation sites (N-methyl/N-ethyl adjacent to an activating group) is 1. The van der Waals surface area contributed by atoms with Gasteiger partial charge in [0.1, 0.15) is 35.7 Å². The maximum Gasteiger partial charge on any atom is 0.316 e. The van der Waals surface area contributed by atoms with Crippen molar-refractivity contribution in [3.05, 3.63) is 57.6 Å². The molecule has 5 aliphatic rings. The fraction of sp³-hybridized carbons (Fsp3) is 0.619. The Morgan fingerprint density at radius 3 is 2.21 bits per heavy atom. The second kappa shape index (κ2) is 16.3. The van der Waals surface area contributed by atoms with Gasteiger partial charge in [0.25, 0.3) is 0 Å². The molecule has 58 heavy (non-hydrogen) atoms. The summed E-state index contributed by atoms with van der Waals surface area (Å²) in [6.45, 7) is 6.95. The molecular formula is C42H53NO15. The zero-order valence-corrected chi connectivity index (χ0v) is 33.7. The van der Waals surface area contributed by atoms with E-state index >= 15 is 0 Å². The molecule has 13 atom stereocenters. The average molecular weight is 812 g/mol. The third kappa shape index (κ3) is 7.47. The number of fused-ring (bicyclic) bond motifs is 3.